The maximum atomic E-state index is 11.5. The van der Waals surface area contributed by atoms with Gasteiger partial charge in [0.15, 0.2) is 0 Å². The van der Waals surface area contributed by atoms with Crippen molar-refractivity contribution in [3.63, 3.8) is 0 Å². The van der Waals surface area contributed by atoms with Gasteiger partial charge in [0.1, 0.15) is 0 Å². The number of rotatable bonds is 10. The van der Waals surface area contributed by atoms with Gasteiger partial charge in [-0.15, -0.1) is 0 Å². The van der Waals surface area contributed by atoms with Crippen molar-refractivity contribution in [1.82, 2.24) is 15.5 Å². The lowest BCUT2D eigenvalue weighted by Crippen LogP contribution is -2.44. The molecule has 1 heterocycles. The number of nitrogens with zero attached hydrogens (tertiary/aromatic N) is 1. The number of hydrogen-bond donors (Lipinski definition) is 2. The molecule has 1 aliphatic rings. The molecule has 0 saturated carbocycles. The fourth-order valence-electron chi connectivity index (χ4n) is 1.96. The molecule has 0 spiro atoms. The van der Waals surface area contributed by atoms with E-state index < -0.39 is 0 Å². The van der Waals surface area contributed by atoms with Crippen LogP contribution in [-0.2, 0) is 14.3 Å². The smallest absolute Gasteiger partial charge is 0.222 e. The molecule has 1 fully saturated rings. The molecule has 6 nitrogen and oxygen atoms in total. The number of ether oxygens (including phenoxy) is 2. The van der Waals surface area contributed by atoms with Crippen molar-refractivity contribution < 1.29 is 14.3 Å². The Kier molecular flexibility index (Phi) is 9.61. The largest absolute Gasteiger partial charge is 0.382 e. The Morgan fingerprint density at radius 2 is 2.05 bits per heavy atom. The van der Waals surface area contributed by atoms with Crippen LogP contribution in [0.3, 0.4) is 0 Å². The molecule has 0 atom stereocenters. The monoisotopic (exact) mass is 273 g/mol. The predicted octanol–water partition coefficient (Wildman–Crippen LogP) is -0.549. The number of carbonyl (C=O) groups excluding carboxylic acids is 1. The summed E-state index contributed by atoms with van der Waals surface area (Å²) < 4.78 is 10.1. The lowest BCUT2D eigenvalue weighted by molar-refractivity contribution is -0.122. The predicted molar refractivity (Wildman–Crippen MR) is 74.2 cm³/mol. The van der Waals surface area contributed by atoms with Crippen LogP contribution in [0.1, 0.15) is 12.8 Å². The van der Waals surface area contributed by atoms with E-state index in [1.54, 1.807) is 7.11 Å². The van der Waals surface area contributed by atoms with Crippen molar-refractivity contribution >= 4 is 5.91 Å². The van der Waals surface area contributed by atoms with Gasteiger partial charge in [0.25, 0.3) is 0 Å². The third-order valence-electron chi connectivity index (χ3n) is 3.09. The summed E-state index contributed by atoms with van der Waals surface area (Å²) in [6.07, 6.45) is 1.44. The van der Waals surface area contributed by atoms with E-state index in [4.69, 9.17) is 9.47 Å². The second kappa shape index (κ2) is 11.2. The molecule has 0 radical (unpaired) electrons. The van der Waals surface area contributed by atoms with E-state index in [-0.39, 0.29) is 5.91 Å². The molecule has 0 aromatic rings. The van der Waals surface area contributed by atoms with Crippen molar-refractivity contribution in [2.24, 2.45) is 0 Å². The molecule has 0 bridgehead atoms. The average molecular weight is 273 g/mol. The molecule has 2 N–H and O–H groups in total. The van der Waals surface area contributed by atoms with Crippen LogP contribution in [0.2, 0.25) is 0 Å². The van der Waals surface area contributed by atoms with Crippen LogP contribution < -0.4 is 10.6 Å². The van der Waals surface area contributed by atoms with Crippen LogP contribution in [0, 0.1) is 0 Å². The first-order valence-electron chi connectivity index (χ1n) is 7.09. The molecule has 1 aliphatic heterocycles. The highest BCUT2D eigenvalue weighted by Gasteiger charge is 2.08. The Morgan fingerprint density at radius 3 is 2.79 bits per heavy atom. The van der Waals surface area contributed by atoms with Gasteiger partial charge in [-0.1, -0.05) is 0 Å². The van der Waals surface area contributed by atoms with Crippen LogP contribution >= 0.6 is 0 Å². The third kappa shape index (κ3) is 8.93. The third-order valence-corrected chi connectivity index (χ3v) is 3.09. The van der Waals surface area contributed by atoms with E-state index in [9.17, 15) is 4.79 Å². The number of amides is 1. The van der Waals surface area contributed by atoms with Crippen LogP contribution in [0.15, 0.2) is 0 Å². The van der Waals surface area contributed by atoms with Gasteiger partial charge in [0, 0.05) is 46.3 Å². The summed E-state index contributed by atoms with van der Waals surface area (Å²) in [5.41, 5.74) is 0. The summed E-state index contributed by atoms with van der Waals surface area (Å²) >= 11 is 0. The Balaban J connectivity index is 1.86. The van der Waals surface area contributed by atoms with E-state index in [1.165, 1.54) is 0 Å². The highest BCUT2D eigenvalue weighted by Crippen LogP contribution is 1.93. The summed E-state index contributed by atoms with van der Waals surface area (Å²) in [6.45, 7) is 7.78. The lowest BCUT2D eigenvalue weighted by Gasteiger charge is -2.27. The van der Waals surface area contributed by atoms with E-state index in [0.717, 1.165) is 45.7 Å². The van der Waals surface area contributed by atoms with Crippen molar-refractivity contribution in [2.75, 3.05) is 66.2 Å². The zero-order valence-corrected chi connectivity index (χ0v) is 12.0. The molecule has 19 heavy (non-hydrogen) atoms. The van der Waals surface area contributed by atoms with Gasteiger partial charge >= 0.3 is 0 Å². The van der Waals surface area contributed by atoms with Gasteiger partial charge in [-0.25, -0.2) is 0 Å². The highest BCUT2D eigenvalue weighted by atomic mass is 16.5. The normalized spacial score (nSPS) is 16.5. The van der Waals surface area contributed by atoms with Gasteiger partial charge in [-0.05, 0) is 13.0 Å². The molecule has 0 aromatic carbocycles. The average Bonchev–Trinajstić information content (AvgIpc) is 2.44. The molecule has 1 saturated heterocycles. The quantitative estimate of drug-likeness (QED) is 0.523. The minimum Gasteiger partial charge on any atom is -0.382 e. The van der Waals surface area contributed by atoms with Crippen LogP contribution in [0.5, 0.6) is 0 Å². The molecule has 0 unspecified atom stereocenters. The molecular formula is C13H27N3O3. The van der Waals surface area contributed by atoms with Gasteiger partial charge in [-0.2, -0.15) is 0 Å². The number of nitrogens with one attached hydrogen (secondary N) is 2. The van der Waals surface area contributed by atoms with Crippen molar-refractivity contribution in [2.45, 2.75) is 12.8 Å². The first-order valence-corrected chi connectivity index (χ1v) is 7.09. The highest BCUT2D eigenvalue weighted by molar-refractivity contribution is 5.75. The minimum absolute atomic E-state index is 0.0673. The fourth-order valence-corrected chi connectivity index (χ4v) is 1.96. The Labute approximate surface area is 115 Å². The molecule has 0 aliphatic carbocycles. The first-order chi connectivity index (χ1) is 9.33. The van der Waals surface area contributed by atoms with Crippen LogP contribution in [0.25, 0.3) is 0 Å². The minimum atomic E-state index is 0.0673. The Morgan fingerprint density at radius 1 is 1.26 bits per heavy atom. The maximum Gasteiger partial charge on any atom is 0.222 e. The topological polar surface area (TPSA) is 62.8 Å². The van der Waals surface area contributed by atoms with Crippen molar-refractivity contribution in [3.8, 4) is 0 Å². The molecule has 6 heteroatoms. The number of hydrogen-bond acceptors (Lipinski definition) is 5. The summed E-state index contributed by atoms with van der Waals surface area (Å²) in [5.74, 6) is 0.0673. The molecule has 112 valence electrons. The van der Waals surface area contributed by atoms with Crippen molar-refractivity contribution in [3.05, 3.63) is 0 Å². The molecule has 1 rings (SSSR count). The van der Waals surface area contributed by atoms with Gasteiger partial charge in [-0.3, -0.25) is 4.79 Å². The van der Waals surface area contributed by atoms with Gasteiger partial charge in [0.2, 0.25) is 5.91 Å². The second-order valence-electron chi connectivity index (χ2n) is 4.65. The van der Waals surface area contributed by atoms with Crippen molar-refractivity contribution in [1.29, 1.82) is 0 Å². The SMILES string of the molecule is COCCOCCC(=O)NCCCN1CCNCC1. The van der Waals surface area contributed by atoms with E-state index in [1.807, 2.05) is 0 Å². The van der Waals surface area contributed by atoms with Crippen LogP contribution in [0.4, 0.5) is 0 Å². The molecule has 0 aromatic heterocycles. The molecule has 1 amide bonds. The standard InChI is InChI=1S/C13H27N3O3/c1-18-11-12-19-10-3-13(17)15-4-2-7-16-8-5-14-6-9-16/h14H,2-12H2,1H3,(H,15,17). The van der Waals surface area contributed by atoms with E-state index in [0.29, 0.717) is 26.2 Å². The Hall–Kier alpha value is -0.690. The van der Waals surface area contributed by atoms with E-state index >= 15 is 0 Å². The Bertz CT molecular complexity index is 233. The zero-order valence-electron chi connectivity index (χ0n) is 12.0. The van der Waals surface area contributed by atoms with Crippen LogP contribution in [-0.4, -0.2) is 77.0 Å². The fraction of sp³-hybridized carbons (Fsp3) is 0.923. The lowest BCUT2D eigenvalue weighted by atomic mass is 10.3. The van der Waals surface area contributed by atoms with Gasteiger partial charge in [0.05, 0.1) is 19.8 Å². The van der Waals surface area contributed by atoms with E-state index in [2.05, 4.69) is 15.5 Å². The number of methoxy groups -OCH3 is 1. The summed E-state index contributed by atoms with van der Waals surface area (Å²) in [4.78, 5) is 13.9. The zero-order chi connectivity index (χ0) is 13.8. The summed E-state index contributed by atoms with van der Waals surface area (Å²) in [5, 5.41) is 6.25. The summed E-state index contributed by atoms with van der Waals surface area (Å²) in [7, 11) is 1.63. The number of piperazine rings is 1. The number of carbonyl (C=O) groups is 1. The van der Waals surface area contributed by atoms with Gasteiger partial charge < -0.3 is 25.0 Å². The second-order valence-corrected chi connectivity index (χ2v) is 4.65. The first kappa shape index (κ1) is 16.4. The molecular weight excluding hydrogens is 246 g/mol. The maximum absolute atomic E-state index is 11.5. The summed E-state index contributed by atoms with van der Waals surface area (Å²) in [6, 6.07) is 0.